The number of benzene rings is 2. The summed E-state index contributed by atoms with van der Waals surface area (Å²) in [7, 11) is 0. The molecular formula is C21H19F3N4O3. The number of aryl methyl sites for hydroxylation is 1. The van der Waals surface area contributed by atoms with Crippen LogP contribution in [0.1, 0.15) is 15.9 Å². The number of hydrogen-bond acceptors (Lipinski definition) is 6. The molecule has 7 nitrogen and oxygen atoms in total. The number of rotatable bonds is 7. The largest absolute Gasteiger partial charge is 0.573 e. The number of aliphatic hydroxyl groups is 1. The van der Waals surface area contributed by atoms with Crippen LogP contribution in [0.15, 0.2) is 54.9 Å². The lowest BCUT2D eigenvalue weighted by atomic mass is 10.0. The van der Waals surface area contributed by atoms with E-state index in [0.29, 0.717) is 22.8 Å². The van der Waals surface area contributed by atoms with Crippen LogP contribution < -0.4 is 15.4 Å². The number of alkyl halides is 3. The minimum absolute atomic E-state index is 0.149. The third kappa shape index (κ3) is 6.16. The molecule has 0 saturated carbocycles. The van der Waals surface area contributed by atoms with Crippen molar-refractivity contribution in [1.29, 1.82) is 0 Å². The monoisotopic (exact) mass is 432 g/mol. The Labute approximate surface area is 175 Å². The first-order valence-corrected chi connectivity index (χ1v) is 9.20. The lowest BCUT2D eigenvalue weighted by molar-refractivity contribution is -0.274. The molecule has 1 aromatic heterocycles. The standard InChI is InChI=1S/C21H19F3N4O3/c1-13-2-3-14(20(30)25-8-9-29)10-17(13)18-11-19(27-12-26-18)28-15-4-6-16(7-5-15)31-21(22,23)24/h2-7,10-12,29H,8-9H2,1H3,(H,25,30)(H,26,27,28). The van der Waals surface area contributed by atoms with Crippen LogP contribution in [0.4, 0.5) is 24.7 Å². The van der Waals surface area contributed by atoms with E-state index in [4.69, 9.17) is 5.11 Å². The second-order valence-electron chi connectivity index (χ2n) is 6.49. The fraction of sp³-hybridized carbons (Fsp3) is 0.190. The molecule has 3 aromatic rings. The zero-order valence-corrected chi connectivity index (χ0v) is 16.4. The summed E-state index contributed by atoms with van der Waals surface area (Å²) < 4.78 is 40.7. The predicted molar refractivity (Wildman–Crippen MR) is 108 cm³/mol. The van der Waals surface area contributed by atoms with Gasteiger partial charge in [0.15, 0.2) is 0 Å². The Balaban J connectivity index is 1.80. The number of aromatic nitrogens is 2. The van der Waals surface area contributed by atoms with Gasteiger partial charge in [0.05, 0.1) is 12.3 Å². The minimum Gasteiger partial charge on any atom is -0.406 e. The van der Waals surface area contributed by atoms with Crippen molar-refractivity contribution in [2.24, 2.45) is 0 Å². The van der Waals surface area contributed by atoms with E-state index in [-0.39, 0.29) is 24.8 Å². The molecule has 162 valence electrons. The van der Waals surface area contributed by atoms with E-state index in [2.05, 4.69) is 25.3 Å². The molecule has 10 heteroatoms. The van der Waals surface area contributed by atoms with Crippen LogP contribution in [0.2, 0.25) is 0 Å². The van der Waals surface area contributed by atoms with Crippen molar-refractivity contribution in [3.05, 3.63) is 66.0 Å². The molecule has 0 unspecified atom stereocenters. The number of anilines is 2. The SMILES string of the molecule is Cc1ccc(C(=O)NCCO)cc1-c1cc(Nc2ccc(OC(F)(F)F)cc2)ncn1. The number of amides is 1. The first-order chi connectivity index (χ1) is 14.7. The fourth-order valence-electron chi connectivity index (χ4n) is 2.77. The zero-order chi connectivity index (χ0) is 22.4. The number of nitrogens with one attached hydrogen (secondary N) is 2. The fourth-order valence-corrected chi connectivity index (χ4v) is 2.77. The topological polar surface area (TPSA) is 96.4 Å². The average molecular weight is 432 g/mol. The predicted octanol–water partition coefficient (Wildman–Crippen LogP) is 3.82. The van der Waals surface area contributed by atoms with Gasteiger partial charge in [0.1, 0.15) is 17.9 Å². The minimum atomic E-state index is -4.75. The molecule has 3 rings (SSSR count). The number of aliphatic hydroxyl groups excluding tert-OH is 1. The molecule has 2 aromatic carbocycles. The lowest BCUT2D eigenvalue weighted by Gasteiger charge is -2.12. The summed E-state index contributed by atoms with van der Waals surface area (Å²) in [5.74, 6) is -0.221. The van der Waals surface area contributed by atoms with Crippen molar-refractivity contribution in [2.75, 3.05) is 18.5 Å². The van der Waals surface area contributed by atoms with Gasteiger partial charge in [-0.3, -0.25) is 4.79 Å². The van der Waals surface area contributed by atoms with E-state index in [1.165, 1.54) is 30.6 Å². The second-order valence-corrected chi connectivity index (χ2v) is 6.49. The summed E-state index contributed by atoms with van der Waals surface area (Å²) in [6.45, 7) is 1.87. The van der Waals surface area contributed by atoms with Crippen molar-refractivity contribution in [1.82, 2.24) is 15.3 Å². The van der Waals surface area contributed by atoms with Gasteiger partial charge in [0.2, 0.25) is 0 Å². The summed E-state index contributed by atoms with van der Waals surface area (Å²) in [6.07, 6.45) is -3.41. The molecule has 0 fully saturated rings. The van der Waals surface area contributed by atoms with Crippen LogP contribution in [0.5, 0.6) is 5.75 Å². The van der Waals surface area contributed by atoms with Gasteiger partial charge in [0, 0.05) is 29.4 Å². The van der Waals surface area contributed by atoms with Gasteiger partial charge in [0.25, 0.3) is 5.91 Å². The molecule has 0 saturated heterocycles. The van der Waals surface area contributed by atoms with Crippen molar-refractivity contribution >= 4 is 17.4 Å². The lowest BCUT2D eigenvalue weighted by Crippen LogP contribution is -2.26. The molecule has 0 spiro atoms. The molecule has 0 radical (unpaired) electrons. The number of carbonyl (C=O) groups is 1. The molecule has 3 N–H and O–H groups in total. The zero-order valence-electron chi connectivity index (χ0n) is 16.4. The van der Waals surface area contributed by atoms with Gasteiger partial charge >= 0.3 is 6.36 Å². The molecular weight excluding hydrogens is 413 g/mol. The second kappa shape index (κ2) is 9.43. The summed E-state index contributed by atoms with van der Waals surface area (Å²) in [4.78, 5) is 20.6. The Morgan fingerprint density at radius 3 is 2.52 bits per heavy atom. The van der Waals surface area contributed by atoms with Crippen LogP contribution in [-0.2, 0) is 0 Å². The van der Waals surface area contributed by atoms with Gasteiger partial charge in [-0.25, -0.2) is 9.97 Å². The van der Waals surface area contributed by atoms with Gasteiger partial charge in [-0.1, -0.05) is 6.07 Å². The Bertz CT molecular complexity index is 1060. The van der Waals surface area contributed by atoms with Crippen LogP contribution in [0, 0.1) is 6.92 Å². The van der Waals surface area contributed by atoms with Crippen LogP contribution in [0.3, 0.4) is 0 Å². The normalized spacial score (nSPS) is 11.1. The number of ether oxygens (including phenoxy) is 1. The smallest absolute Gasteiger partial charge is 0.406 e. The van der Waals surface area contributed by atoms with Gasteiger partial charge in [-0.2, -0.15) is 0 Å². The van der Waals surface area contributed by atoms with Gasteiger partial charge in [-0.15, -0.1) is 13.2 Å². The van der Waals surface area contributed by atoms with Gasteiger partial charge in [-0.05, 0) is 48.9 Å². The highest BCUT2D eigenvalue weighted by molar-refractivity contribution is 5.95. The van der Waals surface area contributed by atoms with Crippen molar-refractivity contribution in [2.45, 2.75) is 13.3 Å². The first kappa shape index (κ1) is 22.0. The quantitative estimate of drug-likeness (QED) is 0.525. The number of carbonyl (C=O) groups excluding carboxylic acids is 1. The molecule has 0 atom stereocenters. The maximum Gasteiger partial charge on any atom is 0.573 e. The van der Waals surface area contributed by atoms with E-state index in [1.54, 1.807) is 24.3 Å². The molecule has 31 heavy (non-hydrogen) atoms. The molecule has 1 amide bonds. The Morgan fingerprint density at radius 2 is 1.84 bits per heavy atom. The van der Waals surface area contributed by atoms with E-state index in [0.717, 1.165) is 11.1 Å². The maximum absolute atomic E-state index is 12.3. The highest BCUT2D eigenvalue weighted by atomic mass is 19.4. The highest BCUT2D eigenvalue weighted by Gasteiger charge is 2.30. The van der Waals surface area contributed by atoms with E-state index >= 15 is 0 Å². The Morgan fingerprint density at radius 1 is 1.10 bits per heavy atom. The average Bonchev–Trinajstić information content (AvgIpc) is 2.73. The van der Waals surface area contributed by atoms with Crippen molar-refractivity contribution in [3.63, 3.8) is 0 Å². The Kier molecular flexibility index (Phi) is 6.71. The van der Waals surface area contributed by atoms with E-state index in [9.17, 15) is 18.0 Å². The molecule has 0 aliphatic carbocycles. The van der Waals surface area contributed by atoms with Crippen molar-refractivity contribution < 1.29 is 27.8 Å². The van der Waals surface area contributed by atoms with Crippen molar-refractivity contribution in [3.8, 4) is 17.0 Å². The summed E-state index contributed by atoms with van der Waals surface area (Å²) >= 11 is 0. The first-order valence-electron chi connectivity index (χ1n) is 9.20. The number of hydrogen-bond donors (Lipinski definition) is 3. The molecule has 0 aliphatic rings. The van der Waals surface area contributed by atoms with E-state index < -0.39 is 6.36 Å². The van der Waals surface area contributed by atoms with Gasteiger partial charge < -0.3 is 20.5 Å². The Hall–Kier alpha value is -3.66. The van der Waals surface area contributed by atoms with Crippen LogP contribution in [0.25, 0.3) is 11.3 Å². The van der Waals surface area contributed by atoms with E-state index in [1.807, 2.05) is 6.92 Å². The third-order valence-corrected chi connectivity index (χ3v) is 4.20. The van der Waals surface area contributed by atoms with Crippen LogP contribution in [-0.4, -0.2) is 40.5 Å². The third-order valence-electron chi connectivity index (χ3n) is 4.20. The summed E-state index contributed by atoms with van der Waals surface area (Å²) in [5.41, 5.74) is 3.09. The molecule has 1 heterocycles. The summed E-state index contributed by atoms with van der Waals surface area (Å²) in [6, 6.07) is 12.1. The number of halogens is 3. The maximum atomic E-state index is 12.3. The molecule has 0 aliphatic heterocycles. The number of nitrogens with zero attached hydrogens (tertiary/aromatic N) is 2. The summed E-state index contributed by atoms with van der Waals surface area (Å²) in [5, 5.41) is 14.4. The highest BCUT2D eigenvalue weighted by Crippen LogP contribution is 2.27. The molecule has 0 bridgehead atoms. The van der Waals surface area contributed by atoms with Crippen LogP contribution >= 0.6 is 0 Å².